The van der Waals surface area contributed by atoms with Crippen molar-refractivity contribution in [1.29, 1.82) is 0 Å². The van der Waals surface area contributed by atoms with Crippen LogP contribution in [0.5, 0.6) is 5.75 Å². The Morgan fingerprint density at radius 1 is 1.29 bits per heavy atom. The minimum atomic E-state index is -0.569. The quantitative estimate of drug-likeness (QED) is 0.682. The van der Waals surface area contributed by atoms with Gasteiger partial charge in [-0.15, -0.1) is 0 Å². The van der Waals surface area contributed by atoms with Gasteiger partial charge in [0.1, 0.15) is 11.6 Å². The molecule has 1 aliphatic rings. The molecular weight excluding hydrogens is 293 g/mol. The molecular formula is C16H13ClFNO2. The molecule has 2 aromatic carbocycles. The smallest absolute Gasteiger partial charge is 0.199 e. The zero-order valence-corrected chi connectivity index (χ0v) is 12.1. The SMILES string of the molecule is Cc1cc(N)cc(C(=O)c2cc(Cl)cc3c2OCC3)c1F. The number of ether oxygens (including phenoxy) is 1. The second-order valence-corrected chi connectivity index (χ2v) is 5.50. The first-order valence-corrected chi connectivity index (χ1v) is 6.90. The molecule has 0 aliphatic carbocycles. The van der Waals surface area contributed by atoms with Gasteiger partial charge in [-0.1, -0.05) is 11.6 Å². The van der Waals surface area contributed by atoms with Crippen LogP contribution in [0.2, 0.25) is 5.02 Å². The highest BCUT2D eigenvalue weighted by Crippen LogP contribution is 2.35. The predicted molar refractivity (Wildman–Crippen MR) is 79.6 cm³/mol. The fourth-order valence-corrected chi connectivity index (χ4v) is 2.79. The fourth-order valence-electron chi connectivity index (χ4n) is 2.55. The molecule has 2 aromatic rings. The number of anilines is 1. The largest absolute Gasteiger partial charge is 0.492 e. The monoisotopic (exact) mass is 305 g/mol. The first-order chi connectivity index (χ1) is 9.97. The zero-order chi connectivity index (χ0) is 15.1. The number of carbonyl (C=O) groups excluding carboxylic acids is 1. The van der Waals surface area contributed by atoms with Crippen LogP contribution in [0.1, 0.15) is 27.0 Å². The number of rotatable bonds is 2. The van der Waals surface area contributed by atoms with Gasteiger partial charge >= 0.3 is 0 Å². The molecule has 3 rings (SSSR count). The van der Waals surface area contributed by atoms with E-state index in [0.29, 0.717) is 35.1 Å². The first-order valence-electron chi connectivity index (χ1n) is 6.53. The number of ketones is 1. The number of fused-ring (bicyclic) bond motifs is 1. The normalized spacial score (nSPS) is 12.9. The van der Waals surface area contributed by atoms with E-state index in [9.17, 15) is 9.18 Å². The third kappa shape index (κ3) is 2.36. The average molecular weight is 306 g/mol. The lowest BCUT2D eigenvalue weighted by Crippen LogP contribution is -2.08. The standard InChI is InChI=1S/C16H13ClFNO2/c1-8-4-11(19)7-12(14(8)18)15(20)13-6-10(17)5-9-2-3-21-16(9)13/h4-7H,2-3,19H2,1H3. The van der Waals surface area contributed by atoms with Crippen molar-refractivity contribution < 1.29 is 13.9 Å². The van der Waals surface area contributed by atoms with Gasteiger partial charge < -0.3 is 10.5 Å². The van der Waals surface area contributed by atoms with Crippen LogP contribution < -0.4 is 10.5 Å². The lowest BCUT2D eigenvalue weighted by Gasteiger charge is -2.10. The number of carbonyl (C=O) groups is 1. The van der Waals surface area contributed by atoms with Crippen molar-refractivity contribution in [2.75, 3.05) is 12.3 Å². The van der Waals surface area contributed by atoms with Crippen LogP contribution >= 0.6 is 11.6 Å². The topological polar surface area (TPSA) is 52.3 Å². The van der Waals surface area contributed by atoms with E-state index in [1.54, 1.807) is 13.0 Å². The Hall–Kier alpha value is -2.07. The summed E-state index contributed by atoms with van der Waals surface area (Å²) in [6, 6.07) is 6.10. The lowest BCUT2D eigenvalue weighted by atomic mass is 9.97. The average Bonchev–Trinajstić information content (AvgIpc) is 2.89. The number of hydrogen-bond donors (Lipinski definition) is 1. The summed E-state index contributed by atoms with van der Waals surface area (Å²) >= 11 is 6.04. The summed E-state index contributed by atoms with van der Waals surface area (Å²) in [5.41, 5.74) is 7.47. The number of benzene rings is 2. The minimum absolute atomic E-state index is 0.0625. The van der Waals surface area contributed by atoms with E-state index in [1.807, 2.05) is 0 Å². The van der Waals surface area contributed by atoms with Crippen molar-refractivity contribution in [2.24, 2.45) is 0 Å². The Morgan fingerprint density at radius 2 is 2.05 bits per heavy atom. The number of halogens is 2. The fraction of sp³-hybridized carbons (Fsp3) is 0.188. The van der Waals surface area contributed by atoms with Crippen LogP contribution in [-0.4, -0.2) is 12.4 Å². The molecule has 2 N–H and O–H groups in total. The maximum absolute atomic E-state index is 14.2. The second-order valence-electron chi connectivity index (χ2n) is 5.07. The highest BCUT2D eigenvalue weighted by Gasteiger charge is 2.25. The molecule has 0 amide bonds. The van der Waals surface area contributed by atoms with Crippen molar-refractivity contribution in [3.8, 4) is 5.75 Å². The van der Waals surface area contributed by atoms with Gasteiger partial charge in [0.05, 0.1) is 17.7 Å². The molecule has 0 aromatic heterocycles. The van der Waals surface area contributed by atoms with E-state index in [4.69, 9.17) is 22.1 Å². The van der Waals surface area contributed by atoms with Crippen molar-refractivity contribution in [2.45, 2.75) is 13.3 Å². The second kappa shape index (κ2) is 5.04. The molecule has 0 saturated carbocycles. The lowest BCUT2D eigenvalue weighted by molar-refractivity contribution is 0.103. The highest BCUT2D eigenvalue weighted by atomic mass is 35.5. The van der Waals surface area contributed by atoms with E-state index in [-0.39, 0.29) is 11.1 Å². The van der Waals surface area contributed by atoms with E-state index < -0.39 is 11.6 Å². The molecule has 0 unspecified atom stereocenters. The van der Waals surface area contributed by atoms with Crippen LogP contribution in [0.15, 0.2) is 24.3 Å². The van der Waals surface area contributed by atoms with Crippen molar-refractivity contribution in [3.05, 3.63) is 57.4 Å². The van der Waals surface area contributed by atoms with Gasteiger partial charge in [-0.25, -0.2) is 4.39 Å². The van der Waals surface area contributed by atoms with Crippen molar-refractivity contribution >= 4 is 23.1 Å². The molecule has 108 valence electrons. The molecule has 21 heavy (non-hydrogen) atoms. The van der Waals surface area contributed by atoms with E-state index in [0.717, 1.165) is 5.56 Å². The minimum Gasteiger partial charge on any atom is -0.492 e. The van der Waals surface area contributed by atoms with E-state index in [2.05, 4.69) is 0 Å². The van der Waals surface area contributed by atoms with Gasteiger partial charge in [-0.2, -0.15) is 0 Å². The summed E-state index contributed by atoms with van der Waals surface area (Å²) in [4.78, 5) is 12.6. The van der Waals surface area contributed by atoms with Gasteiger partial charge in [0, 0.05) is 17.1 Å². The number of nitrogens with two attached hydrogens (primary N) is 1. The maximum Gasteiger partial charge on any atom is 0.199 e. The Kier molecular flexibility index (Phi) is 3.33. The number of aryl methyl sites for hydroxylation is 1. The molecule has 0 spiro atoms. The molecule has 3 nitrogen and oxygen atoms in total. The molecule has 0 atom stereocenters. The van der Waals surface area contributed by atoms with E-state index >= 15 is 0 Å². The molecule has 0 bridgehead atoms. The summed E-state index contributed by atoms with van der Waals surface area (Å²) in [6.07, 6.45) is 0.689. The Balaban J connectivity index is 2.16. The van der Waals surface area contributed by atoms with Gasteiger partial charge in [0.15, 0.2) is 5.78 Å². The predicted octanol–water partition coefficient (Wildman–Crippen LogP) is 3.54. The Bertz CT molecular complexity index is 758. The van der Waals surface area contributed by atoms with E-state index in [1.165, 1.54) is 18.2 Å². The first kappa shape index (κ1) is 13.9. The van der Waals surface area contributed by atoms with Gasteiger partial charge in [-0.3, -0.25) is 4.79 Å². The van der Waals surface area contributed by atoms with Crippen LogP contribution in [0.25, 0.3) is 0 Å². The highest BCUT2D eigenvalue weighted by molar-refractivity contribution is 6.31. The third-order valence-electron chi connectivity index (χ3n) is 3.51. The van der Waals surface area contributed by atoms with Crippen LogP contribution in [-0.2, 0) is 6.42 Å². The Morgan fingerprint density at radius 3 is 2.81 bits per heavy atom. The van der Waals surface area contributed by atoms with Gasteiger partial charge in [-0.05, 0) is 42.3 Å². The zero-order valence-electron chi connectivity index (χ0n) is 11.4. The number of nitrogen functional groups attached to an aromatic ring is 1. The van der Waals surface area contributed by atoms with Crippen molar-refractivity contribution in [3.63, 3.8) is 0 Å². The summed E-state index contributed by atoms with van der Waals surface area (Å²) in [5.74, 6) is -0.548. The Labute approximate surface area is 126 Å². The summed E-state index contributed by atoms with van der Waals surface area (Å²) in [5, 5.41) is 0.434. The van der Waals surface area contributed by atoms with Gasteiger partial charge in [0.25, 0.3) is 0 Å². The number of hydrogen-bond acceptors (Lipinski definition) is 3. The molecule has 1 aliphatic heterocycles. The summed E-state index contributed by atoms with van der Waals surface area (Å²) in [6.45, 7) is 2.07. The van der Waals surface area contributed by atoms with Crippen LogP contribution in [0.4, 0.5) is 10.1 Å². The molecule has 1 heterocycles. The van der Waals surface area contributed by atoms with Crippen molar-refractivity contribution in [1.82, 2.24) is 0 Å². The molecule has 0 saturated heterocycles. The summed E-state index contributed by atoms with van der Waals surface area (Å²) < 4.78 is 19.7. The third-order valence-corrected chi connectivity index (χ3v) is 3.73. The molecule has 5 heteroatoms. The molecule has 0 fully saturated rings. The maximum atomic E-state index is 14.2. The van der Waals surface area contributed by atoms with Crippen LogP contribution in [0, 0.1) is 12.7 Å². The van der Waals surface area contributed by atoms with Gasteiger partial charge in [0.2, 0.25) is 0 Å². The summed E-state index contributed by atoms with van der Waals surface area (Å²) in [7, 11) is 0. The van der Waals surface area contributed by atoms with Crippen LogP contribution in [0.3, 0.4) is 0 Å². The molecule has 0 radical (unpaired) electrons.